The van der Waals surface area contributed by atoms with Crippen molar-refractivity contribution in [3.63, 3.8) is 0 Å². The first kappa shape index (κ1) is 17.7. The molecular formula is C14H24N2O4S. The van der Waals surface area contributed by atoms with Gasteiger partial charge in [0.2, 0.25) is 10.0 Å². The molecule has 0 amide bonds. The highest BCUT2D eigenvalue weighted by atomic mass is 32.2. The fourth-order valence-electron chi connectivity index (χ4n) is 1.69. The normalized spacial score (nSPS) is 11.7. The van der Waals surface area contributed by atoms with Gasteiger partial charge in [-0.2, -0.15) is 0 Å². The van der Waals surface area contributed by atoms with Crippen LogP contribution in [0, 0.1) is 0 Å². The largest absolute Gasteiger partial charge is 0.490 e. The Kier molecular flexibility index (Phi) is 6.94. The molecule has 0 aromatic heterocycles. The van der Waals surface area contributed by atoms with Gasteiger partial charge >= 0.3 is 0 Å². The molecule has 0 unspecified atom stereocenters. The number of hydrogen-bond acceptors (Lipinski definition) is 5. The van der Waals surface area contributed by atoms with E-state index in [1.54, 1.807) is 6.07 Å². The maximum Gasteiger partial charge on any atom is 0.240 e. The molecule has 0 fully saturated rings. The lowest BCUT2D eigenvalue weighted by molar-refractivity contribution is 0.287. The summed E-state index contributed by atoms with van der Waals surface area (Å²) in [6.45, 7) is 5.63. The lowest BCUT2D eigenvalue weighted by Crippen LogP contribution is -2.31. The topological polar surface area (TPSA) is 67.9 Å². The van der Waals surface area contributed by atoms with Gasteiger partial charge in [-0.3, -0.25) is 0 Å². The standard InChI is InChI=1S/C14H24N2O4S/c1-5-19-13-8-7-12(11-14(13)20-6-2)21(17,18)15-9-10-16(3)4/h7-8,11,15H,5-6,9-10H2,1-4H3. The molecule has 7 heteroatoms. The van der Waals surface area contributed by atoms with E-state index < -0.39 is 10.0 Å². The molecule has 0 saturated carbocycles. The number of nitrogens with zero attached hydrogens (tertiary/aromatic N) is 1. The summed E-state index contributed by atoms with van der Waals surface area (Å²) >= 11 is 0. The van der Waals surface area contributed by atoms with E-state index in [2.05, 4.69) is 4.72 Å². The van der Waals surface area contributed by atoms with E-state index in [9.17, 15) is 8.42 Å². The van der Waals surface area contributed by atoms with Gasteiger partial charge in [0.25, 0.3) is 0 Å². The van der Waals surface area contributed by atoms with Gasteiger partial charge in [0.15, 0.2) is 11.5 Å². The molecule has 0 spiro atoms. The van der Waals surface area contributed by atoms with Crippen molar-refractivity contribution in [2.45, 2.75) is 18.7 Å². The quantitative estimate of drug-likeness (QED) is 0.744. The number of rotatable bonds is 9. The van der Waals surface area contributed by atoms with Crippen LogP contribution in [0.25, 0.3) is 0 Å². The van der Waals surface area contributed by atoms with E-state index in [1.165, 1.54) is 12.1 Å². The molecule has 0 saturated heterocycles. The number of benzene rings is 1. The van der Waals surface area contributed by atoms with Crippen molar-refractivity contribution in [1.29, 1.82) is 0 Å². The van der Waals surface area contributed by atoms with Gasteiger partial charge in [-0.15, -0.1) is 0 Å². The molecule has 120 valence electrons. The lowest BCUT2D eigenvalue weighted by atomic mass is 10.3. The fraction of sp³-hybridized carbons (Fsp3) is 0.571. The summed E-state index contributed by atoms with van der Waals surface area (Å²) in [7, 11) is 0.234. The highest BCUT2D eigenvalue weighted by molar-refractivity contribution is 7.89. The monoisotopic (exact) mass is 316 g/mol. The Bertz CT molecular complexity index is 544. The first-order chi connectivity index (χ1) is 9.90. The average Bonchev–Trinajstić information content (AvgIpc) is 2.40. The SMILES string of the molecule is CCOc1ccc(S(=O)(=O)NCCN(C)C)cc1OCC. The van der Waals surface area contributed by atoms with Crippen molar-refractivity contribution in [2.75, 3.05) is 40.4 Å². The summed E-state index contributed by atoms with van der Waals surface area (Å²) in [5, 5.41) is 0. The van der Waals surface area contributed by atoms with Crippen LogP contribution in [0.1, 0.15) is 13.8 Å². The molecule has 0 aliphatic rings. The molecule has 1 aromatic rings. The van der Waals surface area contributed by atoms with Crippen molar-refractivity contribution < 1.29 is 17.9 Å². The number of sulfonamides is 1. The summed E-state index contributed by atoms with van der Waals surface area (Å²) in [6.07, 6.45) is 0. The molecule has 0 atom stereocenters. The van der Waals surface area contributed by atoms with Gasteiger partial charge in [0.05, 0.1) is 18.1 Å². The summed E-state index contributed by atoms with van der Waals surface area (Å²) in [4.78, 5) is 2.08. The first-order valence-corrected chi connectivity index (χ1v) is 8.43. The Morgan fingerprint density at radius 3 is 2.29 bits per heavy atom. The lowest BCUT2D eigenvalue weighted by Gasteiger charge is -2.14. The van der Waals surface area contributed by atoms with Crippen LogP contribution in [0.3, 0.4) is 0 Å². The van der Waals surface area contributed by atoms with Crippen LogP contribution in [-0.2, 0) is 10.0 Å². The van der Waals surface area contributed by atoms with Crippen LogP contribution in [0.2, 0.25) is 0 Å². The summed E-state index contributed by atoms with van der Waals surface area (Å²) in [5.74, 6) is 0.987. The Hall–Kier alpha value is -1.31. The van der Waals surface area contributed by atoms with E-state index in [0.29, 0.717) is 37.8 Å². The third kappa shape index (κ3) is 5.53. The minimum absolute atomic E-state index is 0.174. The Morgan fingerprint density at radius 2 is 1.71 bits per heavy atom. The average molecular weight is 316 g/mol. The molecular weight excluding hydrogens is 292 g/mol. The Labute approximate surface area is 127 Å². The van der Waals surface area contributed by atoms with Crippen LogP contribution < -0.4 is 14.2 Å². The van der Waals surface area contributed by atoms with Gasteiger partial charge in [0, 0.05) is 19.2 Å². The molecule has 0 heterocycles. The molecule has 1 aromatic carbocycles. The predicted octanol–water partition coefficient (Wildman–Crippen LogP) is 1.32. The minimum atomic E-state index is -3.54. The van der Waals surface area contributed by atoms with Gasteiger partial charge in [-0.25, -0.2) is 13.1 Å². The van der Waals surface area contributed by atoms with E-state index in [0.717, 1.165) is 0 Å². The number of hydrogen-bond donors (Lipinski definition) is 1. The van der Waals surface area contributed by atoms with Crippen molar-refractivity contribution in [2.24, 2.45) is 0 Å². The second-order valence-corrected chi connectivity index (χ2v) is 6.44. The fourth-order valence-corrected chi connectivity index (χ4v) is 2.72. The second kappa shape index (κ2) is 8.21. The molecule has 6 nitrogen and oxygen atoms in total. The van der Waals surface area contributed by atoms with E-state index >= 15 is 0 Å². The maximum atomic E-state index is 12.2. The zero-order valence-corrected chi connectivity index (χ0v) is 13.9. The predicted molar refractivity (Wildman–Crippen MR) is 82.5 cm³/mol. The third-order valence-electron chi connectivity index (χ3n) is 2.68. The van der Waals surface area contributed by atoms with E-state index in [4.69, 9.17) is 9.47 Å². The van der Waals surface area contributed by atoms with Crippen LogP contribution >= 0.6 is 0 Å². The third-order valence-corrected chi connectivity index (χ3v) is 4.13. The smallest absolute Gasteiger partial charge is 0.240 e. The molecule has 0 aliphatic heterocycles. The zero-order valence-electron chi connectivity index (χ0n) is 13.0. The number of ether oxygens (including phenoxy) is 2. The molecule has 1 rings (SSSR count). The highest BCUT2D eigenvalue weighted by Crippen LogP contribution is 2.30. The molecule has 21 heavy (non-hydrogen) atoms. The molecule has 0 radical (unpaired) electrons. The summed E-state index contributed by atoms with van der Waals surface area (Å²) in [5.41, 5.74) is 0. The van der Waals surface area contributed by atoms with Gasteiger partial charge in [0.1, 0.15) is 0 Å². The molecule has 1 N–H and O–H groups in total. The van der Waals surface area contributed by atoms with E-state index in [1.807, 2.05) is 32.8 Å². The van der Waals surface area contributed by atoms with E-state index in [-0.39, 0.29) is 4.90 Å². The van der Waals surface area contributed by atoms with Crippen LogP contribution in [-0.4, -0.2) is 53.7 Å². The van der Waals surface area contributed by atoms with Crippen molar-refractivity contribution in [3.05, 3.63) is 18.2 Å². The van der Waals surface area contributed by atoms with Crippen molar-refractivity contribution >= 4 is 10.0 Å². The Morgan fingerprint density at radius 1 is 1.10 bits per heavy atom. The number of likely N-dealkylation sites (N-methyl/N-ethyl adjacent to an activating group) is 1. The van der Waals surface area contributed by atoms with Crippen molar-refractivity contribution in [1.82, 2.24) is 9.62 Å². The van der Waals surface area contributed by atoms with Crippen LogP contribution in [0.4, 0.5) is 0 Å². The van der Waals surface area contributed by atoms with Crippen molar-refractivity contribution in [3.8, 4) is 11.5 Å². The summed E-state index contributed by atoms with van der Waals surface area (Å²) in [6, 6.07) is 4.63. The van der Waals surface area contributed by atoms with Crippen LogP contribution in [0.5, 0.6) is 11.5 Å². The summed E-state index contributed by atoms with van der Waals surface area (Å²) < 4.78 is 37.9. The van der Waals surface area contributed by atoms with Crippen LogP contribution in [0.15, 0.2) is 23.1 Å². The minimum Gasteiger partial charge on any atom is -0.490 e. The first-order valence-electron chi connectivity index (χ1n) is 6.94. The zero-order chi connectivity index (χ0) is 15.9. The molecule has 0 bridgehead atoms. The highest BCUT2D eigenvalue weighted by Gasteiger charge is 2.17. The Balaban J connectivity index is 2.93. The molecule has 0 aliphatic carbocycles. The second-order valence-electron chi connectivity index (χ2n) is 4.68. The van der Waals surface area contributed by atoms with Gasteiger partial charge in [-0.1, -0.05) is 0 Å². The number of nitrogens with one attached hydrogen (secondary N) is 1. The maximum absolute atomic E-state index is 12.2. The van der Waals surface area contributed by atoms with Gasteiger partial charge in [-0.05, 0) is 40.1 Å². The van der Waals surface area contributed by atoms with Gasteiger partial charge < -0.3 is 14.4 Å².